The summed E-state index contributed by atoms with van der Waals surface area (Å²) in [5.41, 5.74) is 0.660. The molecule has 1 aliphatic heterocycles. The van der Waals surface area contributed by atoms with Gasteiger partial charge in [0.15, 0.2) is 6.10 Å². The number of hydrogen-bond donors (Lipinski definition) is 2. The molecule has 1 amide bonds. The van der Waals surface area contributed by atoms with E-state index in [1.807, 2.05) is 18.2 Å². The van der Waals surface area contributed by atoms with Crippen LogP contribution in [0.2, 0.25) is 0 Å². The highest BCUT2D eigenvalue weighted by Gasteiger charge is 2.39. The van der Waals surface area contributed by atoms with Crippen molar-refractivity contribution < 1.29 is 14.6 Å². The zero-order chi connectivity index (χ0) is 16.8. The van der Waals surface area contributed by atoms with Gasteiger partial charge >= 0.3 is 0 Å². The van der Waals surface area contributed by atoms with Crippen LogP contribution in [-0.2, 0) is 9.53 Å². The predicted molar refractivity (Wildman–Crippen MR) is 92.6 cm³/mol. The fraction of sp³-hybridized carbons (Fsp3) is 0.632. The summed E-state index contributed by atoms with van der Waals surface area (Å²) in [6.45, 7) is 3.99. The minimum atomic E-state index is -1.10. The van der Waals surface area contributed by atoms with Crippen LogP contribution in [0.3, 0.4) is 0 Å². The van der Waals surface area contributed by atoms with Crippen molar-refractivity contribution in [1.29, 1.82) is 0 Å². The molecule has 0 spiro atoms. The summed E-state index contributed by atoms with van der Waals surface area (Å²) in [7, 11) is 0. The van der Waals surface area contributed by atoms with Crippen molar-refractivity contribution in [3.05, 3.63) is 35.9 Å². The normalized spacial score (nSPS) is 22.7. The van der Waals surface area contributed by atoms with E-state index >= 15 is 0 Å². The van der Waals surface area contributed by atoms with Gasteiger partial charge in [0, 0.05) is 25.2 Å². The van der Waals surface area contributed by atoms with Crippen LogP contribution in [0.5, 0.6) is 0 Å². The molecule has 2 fully saturated rings. The number of benzene rings is 1. The highest BCUT2D eigenvalue weighted by molar-refractivity contribution is 5.81. The Bertz CT molecular complexity index is 523. The van der Waals surface area contributed by atoms with Crippen molar-refractivity contribution >= 4 is 5.91 Å². The summed E-state index contributed by atoms with van der Waals surface area (Å²) in [6.07, 6.45) is 4.79. The largest absolute Gasteiger partial charge is 0.379 e. The van der Waals surface area contributed by atoms with E-state index in [0.29, 0.717) is 12.1 Å². The number of hydrogen-bond acceptors (Lipinski definition) is 4. The number of carbonyl (C=O) groups is 1. The van der Waals surface area contributed by atoms with Crippen molar-refractivity contribution in [3.8, 4) is 0 Å². The second-order valence-electron chi connectivity index (χ2n) is 6.92. The first kappa shape index (κ1) is 17.4. The van der Waals surface area contributed by atoms with Gasteiger partial charge in [-0.15, -0.1) is 0 Å². The van der Waals surface area contributed by atoms with Gasteiger partial charge in [-0.05, 0) is 18.4 Å². The van der Waals surface area contributed by atoms with E-state index < -0.39 is 6.10 Å². The molecule has 1 aliphatic carbocycles. The smallest absolute Gasteiger partial charge is 0.253 e. The van der Waals surface area contributed by atoms with Crippen LogP contribution in [0.15, 0.2) is 30.3 Å². The molecule has 0 radical (unpaired) electrons. The van der Waals surface area contributed by atoms with Crippen LogP contribution >= 0.6 is 0 Å². The van der Waals surface area contributed by atoms with Gasteiger partial charge in [-0.1, -0.05) is 49.6 Å². The van der Waals surface area contributed by atoms with Crippen LogP contribution in [-0.4, -0.2) is 54.3 Å². The quantitative estimate of drug-likeness (QED) is 0.864. The molecule has 1 heterocycles. The lowest BCUT2D eigenvalue weighted by Crippen LogP contribution is -2.60. The van der Waals surface area contributed by atoms with Crippen molar-refractivity contribution in [2.24, 2.45) is 0 Å². The van der Waals surface area contributed by atoms with Gasteiger partial charge in [0.05, 0.1) is 13.2 Å². The molecule has 2 aliphatic rings. The maximum Gasteiger partial charge on any atom is 0.253 e. The Balaban J connectivity index is 1.63. The van der Waals surface area contributed by atoms with Gasteiger partial charge in [-0.25, -0.2) is 0 Å². The van der Waals surface area contributed by atoms with Gasteiger partial charge < -0.3 is 15.2 Å². The van der Waals surface area contributed by atoms with Crippen molar-refractivity contribution in [1.82, 2.24) is 10.2 Å². The molecule has 2 N–H and O–H groups in total. The Kier molecular flexibility index (Phi) is 5.87. The minimum Gasteiger partial charge on any atom is -0.379 e. The van der Waals surface area contributed by atoms with Crippen molar-refractivity contribution in [2.45, 2.75) is 43.7 Å². The molecule has 1 saturated heterocycles. The first-order valence-electron chi connectivity index (χ1n) is 9.05. The third kappa shape index (κ3) is 3.97. The van der Waals surface area contributed by atoms with E-state index in [1.54, 1.807) is 12.1 Å². The van der Waals surface area contributed by atoms with E-state index in [4.69, 9.17) is 4.74 Å². The fourth-order valence-corrected chi connectivity index (χ4v) is 3.99. The summed E-state index contributed by atoms with van der Waals surface area (Å²) < 4.78 is 5.49. The molecule has 132 valence electrons. The Morgan fingerprint density at radius 1 is 1.17 bits per heavy atom. The molecule has 5 nitrogen and oxygen atoms in total. The third-order valence-electron chi connectivity index (χ3n) is 5.42. The molecule has 1 atom stereocenters. The zero-order valence-electron chi connectivity index (χ0n) is 14.2. The summed E-state index contributed by atoms with van der Waals surface area (Å²) in [5.74, 6) is -0.306. The third-order valence-corrected chi connectivity index (χ3v) is 5.42. The molecule has 3 rings (SSSR count). The highest BCUT2D eigenvalue weighted by Crippen LogP contribution is 2.34. The van der Waals surface area contributed by atoms with Crippen LogP contribution in [0.4, 0.5) is 0 Å². The summed E-state index contributed by atoms with van der Waals surface area (Å²) >= 11 is 0. The van der Waals surface area contributed by atoms with Gasteiger partial charge in [0.1, 0.15) is 0 Å². The highest BCUT2D eigenvalue weighted by atomic mass is 16.5. The number of nitrogens with zero attached hydrogens (tertiary/aromatic N) is 1. The topological polar surface area (TPSA) is 61.8 Å². The second-order valence-corrected chi connectivity index (χ2v) is 6.92. The number of nitrogens with one attached hydrogen (secondary N) is 1. The maximum absolute atomic E-state index is 12.4. The summed E-state index contributed by atoms with van der Waals surface area (Å²) in [5, 5.41) is 13.3. The molecule has 24 heavy (non-hydrogen) atoms. The Hall–Kier alpha value is -1.43. The number of aliphatic hydroxyl groups excluding tert-OH is 1. The fourth-order valence-electron chi connectivity index (χ4n) is 3.99. The average Bonchev–Trinajstić information content (AvgIpc) is 2.67. The number of ether oxygens (including phenoxy) is 1. The Morgan fingerprint density at radius 2 is 1.83 bits per heavy atom. The molecular weight excluding hydrogens is 304 g/mol. The summed E-state index contributed by atoms with van der Waals surface area (Å²) in [6, 6.07) is 9.11. The number of rotatable bonds is 5. The van der Waals surface area contributed by atoms with Gasteiger partial charge in [-0.3, -0.25) is 9.69 Å². The van der Waals surface area contributed by atoms with Crippen LogP contribution in [0.25, 0.3) is 0 Å². The molecule has 0 aromatic heterocycles. The SMILES string of the molecule is O=C(NCC1(N2CCOCC2)CCCCC1)C(O)c1ccccc1. The first-order chi connectivity index (χ1) is 11.7. The lowest BCUT2D eigenvalue weighted by Gasteiger charge is -2.48. The second kappa shape index (κ2) is 8.10. The van der Waals surface area contributed by atoms with Gasteiger partial charge in [-0.2, -0.15) is 0 Å². The molecule has 1 aromatic rings. The number of morpholine rings is 1. The van der Waals surface area contributed by atoms with Gasteiger partial charge in [0.25, 0.3) is 5.91 Å². The predicted octanol–water partition coefficient (Wildman–Crippen LogP) is 1.87. The number of aliphatic hydroxyl groups is 1. The van der Waals surface area contributed by atoms with Crippen LogP contribution < -0.4 is 5.32 Å². The lowest BCUT2D eigenvalue weighted by atomic mass is 9.79. The monoisotopic (exact) mass is 332 g/mol. The minimum absolute atomic E-state index is 0.0219. The van der Waals surface area contributed by atoms with Crippen LogP contribution in [0.1, 0.15) is 43.8 Å². The zero-order valence-corrected chi connectivity index (χ0v) is 14.2. The van der Waals surface area contributed by atoms with E-state index in [1.165, 1.54) is 19.3 Å². The van der Waals surface area contributed by atoms with Crippen molar-refractivity contribution in [2.75, 3.05) is 32.8 Å². The Labute approximate surface area is 144 Å². The molecule has 1 saturated carbocycles. The maximum atomic E-state index is 12.4. The van der Waals surface area contributed by atoms with E-state index in [2.05, 4.69) is 10.2 Å². The molecule has 1 aromatic carbocycles. The average molecular weight is 332 g/mol. The molecule has 0 bridgehead atoms. The van der Waals surface area contributed by atoms with Crippen LogP contribution in [0, 0.1) is 0 Å². The number of carbonyl (C=O) groups excluding carboxylic acids is 1. The number of amides is 1. The molecular formula is C19H28N2O3. The van der Waals surface area contributed by atoms with E-state index in [0.717, 1.165) is 39.1 Å². The molecule has 1 unspecified atom stereocenters. The standard InChI is InChI=1S/C19H28N2O3/c22-17(16-7-3-1-4-8-16)18(23)20-15-19(9-5-2-6-10-19)21-11-13-24-14-12-21/h1,3-4,7-8,17,22H,2,5-6,9-15H2,(H,20,23). The summed E-state index contributed by atoms with van der Waals surface area (Å²) in [4.78, 5) is 14.9. The first-order valence-corrected chi connectivity index (χ1v) is 9.05. The molecule has 5 heteroatoms. The Morgan fingerprint density at radius 3 is 2.50 bits per heavy atom. The van der Waals surface area contributed by atoms with E-state index in [9.17, 15) is 9.90 Å². The van der Waals surface area contributed by atoms with E-state index in [-0.39, 0.29) is 11.4 Å². The van der Waals surface area contributed by atoms with Gasteiger partial charge in [0.2, 0.25) is 0 Å². The van der Waals surface area contributed by atoms with Crippen molar-refractivity contribution in [3.63, 3.8) is 0 Å². The lowest BCUT2D eigenvalue weighted by molar-refractivity contribution is -0.131.